The van der Waals surface area contributed by atoms with Gasteiger partial charge in [0.25, 0.3) is 0 Å². The number of benzene rings is 2. The standard InChI is InChI=1S/C17H17ClO3/c1-2-16(19)13-7-9-14(10-8-13)20-11-12-21-17-6-4-3-5-15(17)18/h3-10H,2,11-12H2,1H3. The summed E-state index contributed by atoms with van der Waals surface area (Å²) >= 11 is 5.98. The van der Waals surface area contributed by atoms with Crippen molar-refractivity contribution in [2.75, 3.05) is 13.2 Å². The fraction of sp³-hybridized carbons (Fsp3) is 0.235. The lowest BCUT2D eigenvalue weighted by molar-refractivity contribution is 0.0988. The van der Waals surface area contributed by atoms with Crippen molar-refractivity contribution in [1.29, 1.82) is 0 Å². The highest BCUT2D eigenvalue weighted by Gasteiger charge is 2.03. The van der Waals surface area contributed by atoms with Crippen LogP contribution < -0.4 is 9.47 Å². The molecule has 0 N–H and O–H groups in total. The Morgan fingerprint density at radius 2 is 1.67 bits per heavy atom. The highest BCUT2D eigenvalue weighted by molar-refractivity contribution is 6.32. The molecule has 21 heavy (non-hydrogen) atoms. The minimum absolute atomic E-state index is 0.128. The summed E-state index contributed by atoms with van der Waals surface area (Å²) in [6.07, 6.45) is 0.506. The van der Waals surface area contributed by atoms with Crippen molar-refractivity contribution in [3.8, 4) is 11.5 Å². The number of hydrogen-bond acceptors (Lipinski definition) is 3. The largest absolute Gasteiger partial charge is 0.490 e. The third kappa shape index (κ3) is 4.50. The molecule has 2 rings (SSSR count). The Morgan fingerprint density at radius 1 is 1.00 bits per heavy atom. The van der Waals surface area contributed by atoms with Gasteiger partial charge < -0.3 is 9.47 Å². The molecule has 0 aliphatic rings. The van der Waals surface area contributed by atoms with Crippen LogP contribution in [0.1, 0.15) is 23.7 Å². The summed E-state index contributed by atoms with van der Waals surface area (Å²) in [6.45, 7) is 2.66. The molecule has 0 saturated heterocycles. The number of Topliss-reactive ketones (excluding diaryl/α,β-unsaturated/α-hetero) is 1. The van der Waals surface area contributed by atoms with Gasteiger partial charge in [-0.25, -0.2) is 0 Å². The lowest BCUT2D eigenvalue weighted by atomic mass is 10.1. The molecule has 2 aromatic carbocycles. The van der Waals surface area contributed by atoms with Crippen LogP contribution >= 0.6 is 11.6 Å². The van der Waals surface area contributed by atoms with Gasteiger partial charge in [0.05, 0.1) is 5.02 Å². The van der Waals surface area contributed by atoms with Crippen LogP contribution in [0.5, 0.6) is 11.5 Å². The van der Waals surface area contributed by atoms with E-state index in [-0.39, 0.29) is 5.78 Å². The summed E-state index contributed by atoms with van der Waals surface area (Å²) < 4.78 is 11.1. The summed E-state index contributed by atoms with van der Waals surface area (Å²) in [6, 6.07) is 14.4. The minimum Gasteiger partial charge on any atom is -0.490 e. The Bertz CT molecular complexity index is 593. The van der Waals surface area contributed by atoms with Crippen molar-refractivity contribution >= 4 is 17.4 Å². The second-order valence-electron chi connectivity index (χ2n) is 4.43. The van der Waals surface area contributed by atoms with E-state index >= 15 is 0 Å². The molecule has 3 nitrogen and oxygen atoms in total. The number of hydrogen-bond donors (Lipinski definition) is 0. The average Bonchev–Trinajstić information content (AvgIpc) is 2.53. The van der Waals surface area contributed by atoms with Crippen molar-refractivity contribution < 1.29 is 14.3 Å². The third-order valence-electron chi connectivity index (χ3n) is 2.94. The lowest BCUT2D eigenvalue weighted by Crippen LogP contribution is -2.09. The van der Waals surface area contributed by atoms with Gasteiger partial charge in [-0.05, 0) is 36.4 Å². The van der Waals surface area contributed by atoms with E-state index in [4.69, 9.17) is 21.1 Å². The van der Waals surface area contributed by atoms with Gasteiger partial charge in [-0.3, -0.25) is 4.79 Å². The fourth-order valence-electron chi connectivity index (χ4n) is 1.81. The molecular weight excluding hydrogens is 288 g/mol. The van der Waals surface area contributed by atoms with Gasteiger partial charge in [-0.1, -0.05) is 30.7 Å². The molecule has 0 aliphatic carbocycles. The van der Waals surface area contributed by atoms with Gasteiger partial charge in [-0.15, -0.1) is 0 Å². The average molecular weight is 305 g/mol. The molecule has 0 saturated carbocycles. The van der Waals surface area contributed by atoms with E-state index in [0.29, 0.717) is 41.7 Å². The molecule has 0 atom stereocenters. The highest BCUT2D eigenvalue weighted by Crippen LogP contribution is 2.23. The zero-order valence-electron chi connectivity index (χ0n) is 11.8. The number of carbonyl (C=O) groups is 1. The Morgan fingerprint density at radius 3 is 2.33 bits per heavy atom. The second-order valence-corrected chi connectivity index (χ2v) is 4.84. The van der Waals surface area contributed by atoms with Crippen molar-refractivity contribution in [3.05, 3.63) is 59.1 Å². The molecule has 0 amide bonds. The van der Waals surface area contributed by atoms with Gasteiger partial charge in [0.2, 0.25) is 0 Å². The highest BCUT2D eigenvalue weighted by atomic mass is 35.5. The van der Waals surface area contributed by atoms with Crippen molar-refractivity contribution in [1.82, 2.24) is 0 Å². The molecule has 0 fully saturated rings. The van der Waals surface area contributed by atoms with Crippen molar-refractivity contribution in [2.24, 2.45) is 0 Å². The predicted molar refractivity (Wildman–Crippen MR) is 83.5 cm³/mol. The zero-order valence-corrected chi connectivity index (χ0v) is 12.6. The first-order valence-electron chi connectivity index (χ1n) is 6.84. The topological polar surface area (TPSA) is 35.5 Å². The Hall–Kier alpha value is -2.00. The first-order valence-corrected chi connectivity index (χ1v) is 7.22. The van der Waals surface area contributed by atoms with Gasteiger partial charge in [0.1, 0.15) is 24.7 Å². The number of para-hydroxylation sites is 1. The van der Waals surface area contributed by atoms with Crippen LogP contribution in [0.4, 0.5) is 0 Å². The molecule has 0 radical (unpaired) electrons. The molecule has 2 aromatic rings. The number of ketones is 1. The molecule has 0 aromatic heterocycles. The summed E-state index contributed by atoms with van der Waals surface area (Å²) in [5.74, 6) is 1.49. The lowest BCUT2D eigenvalue weighted by Gasteiger charge is -2.09. The van der Waals surface area contributed by atoms with Crippen LogP contribution in [-0.2, 0) is 0 Å². The van der Waals surface area contributed by atoms with E-state index in [9.17, 15) is 4.79 Å². The first-order chi connectivity index (χ1) is 10.2. The molecule has 110 valence electrons. The molecular formula is C17H17ClO3. The molecule has 0 heterocycles. The van der Waals surface area contributed by atoms with Crippen molar-refractivity contribution in [2.45, 2.75) is 13.3 Å². The molecule has 0 aliphatic heterocycles. The summed E-state index contributed by atoms with van der Waals surface area (Å²) in [5.41, 5.74) is 0.706. The van der Waals surface area contributed by atoms with Crippen LogP contribution in [0, 0.1) is 0 Å². The fourth-order valence-corrected chi connectivity index (χ4v) is 2.00. The molecule has 0 bridgehead atoms. The van der Waals surface area contributed by atoms with Gasteiger partial charge in [-0.2, -0.15) is 0 Å². The number of carbonyl (C=O) groups excluding carboxylic acids is 1. The van der Waals surface area contributed by atoms with E-state index in [1.54, 1.807) is 30.3 Å². The molecule has 4 heteroatoms. The maximum absolute atomic E-state index is 11.5. The predicted octanol–water partition coefficient (Wildman–Crippen LogP) is 4.39. The quantitative estimate of drug-likeness (QED) is 0.562. The van der Waals surface area contributed by atoms with E-state index in [1.165, 1.54) is 0 Å². The summed E-state index contributed by atoms with van der Waals surface area (Å²) in [5, 5.41) is 0.583. The van der Waals surface area contributed by atoms with E-state index in [1.807, 2.05) is 25.1 Å². The summed E-state index contributed by atoms with van der Waals surface area (Å²) in [4.78, 5) is 11.5. The SMILES string of the molecule is CCC(=O)c1ccc(OCCOc2ccccc2Cl)cc1. The number of rotatable bonds is 7. The smallest absolute Gasteiger partial charge is 0.162 e. The zero-order chi connectivity index (χ0) is 15.1. The third-order valence-corrected chi connectivity index (χ3v) is 3.26. The van der Waals surface area contributed by atoms with Crippen LogP contribution in [-0.4, -0.2) is 19.0 Å². The Labute approximate surface area is 129 Å². The normalized spacial score (nSPS) is 10.2. The van der Waals surface area contributed by atoms with Gasteiger partial charge >= 0.3 is 0 Å². The van der Waals surface area contributed by atoms with E-state index < -0.39 is 0 Å². The maximum atomic E-state index is 11.5. The Kier molecular flexibility index (Phi) is 5.64. The summed E-state index contributed by atoms with van der Waals surface area (Å²) in [7, 11) is 0. The maximum Gasteiger partial charge on any atom is 0.162 e. The van der Waals surface area contributed by atoms with E-state index in [2.05, 4.69) is 0 Å². The molecule has 0 unspecified atom stereocenters. The second kappa shape index (κ2) is 7.70. The van der Waals surface area contributed by atoms with Crippen LogP contribution in [0.15, 0.2) is 48.5 Å². The number of halogens is 1. The van der Waals surface area contributed by atoms with Gasteiger partial charge in [0.15, 0.2) is 5.78 Å². The van der Waals surface area contributed by atoms with Crippen molar-refractivity contribution in [3.63, 3.8) is 0 Å². The van der Waals surface area contributed by atoms with Crippen LogP contribution in [0.3, 0.4) is 0 Å². The van der Waals surface area contributed by atoms with E-state index in [0.717, 1.165) is 0 Å². The number of ether oxygens (including phenoxy) is 2. The molecule has 0 spiro atoms. The monoisotopic (exact) mass is 304 g/mol. The van der Waals surface area contributed by atoms with Gasteiger partial charge in [0, 0.05) is 12.0 Å². The Balaban J connectivity index is 1.79. The first kappa shape index (κ1) is 15.4. The van der Waals surface area contributed by atoms with Crippen LogP contribution in [0.2, 0.25) is 5.02 Å². The minimum atomic E-state index is 0.128. The van der Waals surface area contributed by atoms with Crippen LogP contribution in [0.25, 0.3) is 0 Å².